The van der Waals surface area contributed by atoms with E-state index in [0.717, 1.165) is 18.6 Å². The Bertz CT molecular complexity index is 645. The summed E-state index contributed by atoms with van der Waals surface area (Å²) in [7, 11) is -4.02. The van der Waals surface area contributed by atoms with Crippen molar-refractivity contribution in [1.29, 1.82) is 0 Å². The normalized spacial score (nSPS) is 21.7. The maximum absolute atomic E-state index is 14.1. The number of sulfonamides is 1. The van der Waals surface area contributed by atoms with Gasteiger partial charge in [-0.05, 0) is 36.8 Å². The fourth-order valence-corrected chi connectivity index (χ4v) is 4.16. The highest BCUT2D eigenvalue weighted by atomic mass is 32.2. The Morgan fingerprint density at radius 2 is 2.05 bits per heavy atom. The standard InChI is InChI=1S/C14H20F2N2O2S/c1-14(2)6-5-9(7-14)18-21(19,20)12-4-3-11(15)10(8-17)13(12)16/h3-4,9,18H,5-8,17H2,1-2H3. The fourth-order valence-electron chi connectivity index (χ4n) is 2.79. The van der Waals surface area contributed by atoms with Crippen LogP contribution >= 0.6 is 0 Å². The second kappa shape index (κ2) is 5.62. The van der Waals surface area contributed by atoms with Gasteiger partial charge in [-0.15, -0.1) is 0 Å². The van der Waals surface area contributed by atoms with E-state index in [1.807, 2.05) is 0 Å². The Hall–Kier alpha value is -1.05. The average Bonchev–Trinajstić information content (AvgIpc) is 2.68. The first-order chi connectivity index (χ1) is 9.66. The Labute approximate surface area is 123 Å². The van der Waals surface area contributed by atoms with Crippen LogP contribution in [-0.2, 0) is 16.6 Å². The van der Waals surface area contributed by atoms with Crippen molar-refractivity contribution in [1.82, 2.24) is 4.72 Å². The van der Waals surface area contributed by atoms with Crippen LogP contribution in [0.15, 0.2) is 17.0 Å². The molecule has 0 heterocycles. The number of hydrogen-bond donors (Lipinski definition) is 2. The lowest BCUT2D eigenvalue weighted by Crippen LogP contribution is -2.34. The summed E-state index contributed by atoms with van der Waals surface area (Å²) < 4.78 is 54.6. The number of halogens is 2. The molecule has 0 radical (unpaired) electrons. The van der Waals surface area contributed by atoms with Gasteiger partial charge in [-0.3, -0.25) is 0 Å². The Kier molecular flexibility index (Phi) is 4.37. The highest BCUT2D eigenvalue weighted by Crippen LogP contribution is 2.37. The molecule has 1 atom stereocenters. The second-order valence-corrected chi connectivity index (χ2v) is 7.95. The molecule has 1 aliphatic rings. The molecule has 4 nitrogen and oxygen atoms in total. The van der Waals surface area contributed by atoms with Crippen molar-refractivity contribution in [2.75, 3.05) is 0 Å². The number of benzene rings is 1. The highest BCUT2D eigenvalue weighted by molar-refractivity contribution is 7.89. The zero-order valence-corrected chi connectivity index (χ0v) is 12.9. The van der Waals surface area contributed by atoms with Crippen LogP contribution in [0.25, 0.3) is 0 Å². The van der Waals surface area contributed by atoms with E-state index in [0.29, 0.717) is 12.8 Å². The summed E-state index contributed by atoms with van der Waals surface area (Å²) in [5.74, 6) is -1.95. The van der Waals surface area contributed by atoms with E-state index < -0.39 is 38.7 Å². The average molecular weight is 318 g/mol. The van der Waals surface area contributed by atoms with E-state index in [1.54, 1.807) is 0 Å². The minimum atomic E-state index is -4.02. The SMILES string of the molecule is CC1(C)CCC(NS(=O)(=O)c2ccc(F)c(CN)c2F)C1. The third-order valence-electron chi connectivity index (χ3n) is 3.93. The summed E-state index contributed by atoms with van der Waals surface area (Å²) in [5.41, 5.74) is 4.92. The van der Waals surface area contributed by atoms with Crippen molar-refractivity contribution in [2.24, 2.45) is 11.1 Å². The van der Waals surface area contributed by atoms with Crippen LogP contribution in [-0.4, -0.2) is 14.5 Å². The number of rotatable bonds is 4. The molecule has 1 saturated carbocycles. The monoisotopic (exact) mass is 318 g/mol. The topological polar surface area (TPSA) is 72.2 Å². The molecule has 2 rings (SSSR count). The molecule has 1 aromatic rings. The van der Waals surface area contributed by atoms with Gasteiger partial charge in [0.05, 0.1) is 0 Å². The maximum atomic E-state index is 14.1. The van der Waals surface area contributed by atoms with Crippen molar-refractivity contribution >= 4 is 10.0 Å². The number of nitrogens with two attached hydrogens (primary N) is 1. The molecule has 0 bridgehead atoms. The Balaban J connectivity index is 2.29. The number of hydrogen-bond acceptors (Lipinski definition) is 3. The molecule has 0 spiro atoms. The van der Waals surface area contributed by atoms with E-state index in [-0.39, 0.29) is 11.5 Å². The van der Waals surface area contributed by atoms with E-state index in [9.17, 15) is 17.2 Å². The van der Waals surface area contributed by atoms with Gasteiger partial charge in [0.2, 0.25) is 10.0 Å². The zero-order valence-electron chi connectivity index (χ0n) is 12.1. The van der Waals surface area contributed by atoms with Crippen LogP contribution in [0.4, 0.5) is 8.78 Å². The largest absolute Gasteiger partial charge is 0.326 e. The van der Waals surface area contributed by atoms with Crippen LogP contribution in [0, 0.1) is 17.0 Å². The highest BCUT2D eigenvalue weighted by Gasteiger charge is 2.34. The first kappa shape index (κ1) is 16.3. The minimum absolute atomic E-state index is 0.0664. The molecule has 3 N–H and O–H groups in total. The molecule has 0 saturated heterocycles. The van der Waals surface area contributed by atoms with Crippen LogP contribution in [0.3, 0.4) is 0 Å². The molecular weight excluding hydrogens is 298 g/mol. The summed E-state index contributed by atoms with van der Waals surface area (Å²) in [5, 5.41) is 0. The quantitative estimate of drug-likeness (QED) is 0.894. The zero-order chi connectivity index (χ0) is 15.8. The molecular formula is C14H20F2N2O2S. The van der Waals surface area contributed by atoms with Crippen LogP contribution < -0.4 is 10.5 Å². The van der Waals surface area contributed by atoms with Gasteiger partial charge < -0.3 is 5.73 Å². The van der Waals surface area contributed by atoms with Gasteiger partial charge in [-0.1, -0.05) is 13.8 Å². The molecule has 0 aliphatic heterocycles. The van der Waals surface area contributed by atoms with Crippen molar-refractivity contribution in [3.05, 3.63) is 29.3 Å². The van der Waals surface area contributed by atoms with Gasteiger partial charge >= 0.3 is 0 Å². The fraction of sp³-hybridized carbons (Fsp3) is 0.571. The van der Waals surface area contributed by atoms with Crippen molar-refractivity contribution in [3.8, 4) is 0 Å². The van der Waals surface area contributed by atoms with Crippen molar-refractivity contribution in [2.45, 2.75) is 50.6 Å². The molecule has 1 fully saturated rings. The van der Waals surface area contributed by atoms with Gasteiger partial charge in [-0.25, -0.2) is 21.9 Å². The van der Waals surface area contributed by atoms with Gasteiger partial charge in [0.25, 0.3) is 0 Å². The Morgan fingerprint density at radius 1 is 1.38 bits per heavy atom. The Morgan fingerprint density at radius 3 is 2.57 bits per heavy atom. The summed E-state index contributed by atoms with van der Waals surface area (Å²) >= 11 is 0. The summed E-state index contributed by atoms with van der Waals surface area (Å²) in [6, 6.07) is 1.64. The lowest BCUT2D eigenvalue weighted by molar-refractivity contribution is 0.372. The summed E-state index contributed by atoms with van der Waals surface area (Å²) in [6.07, 6.45) is 2.30. The lowest BCUT2D eigenvalue weighted by atomic mass is 9.92. The molecule has 7 heteroatoms. The van der Waals surface area contributed by atoms with Crippen LogP contribution in [0.5, 0.6) is 0 Å². The molecule has 21 heavy (non-hydrogen) atoms. The molecule has 118 valence electrons. The molecule has 1 unspecified atom stereocenters. The summed E-state index contributed by atoms with van der Waals surface area (Å²) in [4.78, 5) is -0.547. The lowest BCUT2D eigenvalue weighted by Gasteiger charge is -2.18. The van der Waals surface area contributed by atoms with E-state index in [4.69, 9.17) is 5.73 Å². The second-order valence-electron chi connectivity index (χ2n) is 6.27. The van der Waals surface area contributed by atoms with Crippen molar-refractivity contribution in [3.63, 3.8) is 0 Å². The van der Waals surface area contributed by atoms with Gasteiger partial charge in [0.1, 0.15) is 10.7 Å². The maximum Gasteiger partial charge on any atom is 0.243 e. The van der Waals surface area contributed by atoms with E-state index in [2.05, 4.69) is 18.6 Å². The molecule has 1 aliphatic carbocycles. The van der Waals surface area contributed by atoms with Crippen LogP contribution in [0.2, 0.25) is 0 Å². The van der Waals surface area contributed by atoms with Gasteiger partial charge in [0, 0.05) is 18.2 Å². The third kappa shape index (κ3) is 3.41. The third-order valence-corrected chi connectivity index (χ3v) is 5.47. The minimum Gasteiger partial charge on any atom is -0.326 e. The number of nitrogens with one attached hydrogen (secondary N) is 1. The van der Waals surface area contributed by atoms with Gasteiger partial charge in [-0.2, -0.15) is 0 Å². The molecule has 1 aromatic carbocycles. The van der Waals surface area contributed by atoms with Crippen molar-refractivity contribution < 1.29 is 17.2 Å². The van der Waals surface area contributed by atoms with E-state index in [1.165, 1.54) is 0 Å². The smallest absolute Gasteiger partial charge is 0.243 e. The first-order valence-corrected chi connectivity index (χ1v) is 8.34. The molecule has 0 aromatic heterocycles. The van der Waals surface area contributed by atoms with Crippen LogP contribution in [0.1, 0.15) is 38.7 Å². The predicted molar refractivity (Wildman–Crippen MR) is 76.0 cm³/mol. The van der Waals surface area contributed by atoms with E-state index >= 15 is 0 Å². The first-order valence-electron chi connectivity index (χ1n) is 6.85. The van der Waals surface area contributed by atoms with Gasteiger partial charge in [0.15, 0.2) is 5.82 Å². The predicted octanol–water partition coefficient (Wildman–Crippen LogP) is 2.28. The molecule has 0 amide bonds. The summed E-state index contributed by atoms with van der Waals surface area (Å²) in [6.45, 7) is 3.73.